The molecule has 1 unspecified atom stereocenters. The van der Waals surface area contributed by atoms with E-state index in [1.807, 2.05) is 17.9 Å². The summed E-state index contributed by atoms with van der Waals surface area (Å²) in [4.78, 5) is 21.9. The normalized spacial score (nSPS) is 20.1. The average molecular weight is 430 g/mol. The van der Waals surface area contributed by atoms with Crippen molar-refractivity contribution in [3.05, 3.63) is 35.8 Å². The lowest BCUT2D eigenvalue weighted by Crippen LogP contribution is -2.48. The van der Waals surface area contributed by atoms with Crippen molar-refractivity contribution in [2.75, 3.05) is 44.3 Å². The van der Waals surface area contributed by atoms with Crippen LogP contribution in [-0.4, -0.2) is 65.0 Å². The van der Waals surface area contributed by atoms with Crippen molar-refractivity contribution in [1.29, 1.82) is 0 Å². The summed E-state index contributed by atoms with van der Waals surface area (Å²) in [5.41, 5.74) is 2.26. The number of hydrogen-bond donors (Lipinski definition) is 0. The Balaban J connectivity index is 1.40. The summed E-state index contributed by atoms with van der Waals surface area (Å²) >= 11 is 1.59. The molecule has 0 saturated carbocycles. The van der Waals surface area contributed by atoms with Crippen LogP contribution in [0.15, 0.2) is 24.3 Å². The summed E-state index contributed by atoms with van der Waals surface area (Å²) in [5, 5.41) is 5.46. The van der Waals surface area contributed by atoms with Gasteiger partial charge in [0.25, 0.3) is 0 Å². The van der Waals surface area contributed by atoms with Gasteiger partial charge in [-0.2, -0.15) is 10.1 Å². The summed E-state index contributed by atoms with van der Waals surface area (Å²) in [6.45, 7) is 6.11. The zero-order valence-electron chi connectivity index (χ0n) is 16.9. The minimum Gasteiger partial charge on any atom is -0.378 e. The molecule has 1 aromatic carbocycles. The second kappa shape index (κ2) is 7.96. The number of piperidine rings is 1. The minimum atomic E-state index is -0.301. The third-order valence-electron chi connectivity index (χ3n) is 5.79. The molecular weight excluding hydrogens is 405 g/mol. The van der Waals surface area contributed by atoms with Gasteiger partial charge in [0.05, 0.1) is 35.2 Å². The van der Waals surface area contributed by atoms with E-state index in [0.717, 1.165) is 40.6 Å². The van der Waals surface area contributed by atoms with Crippen LogP contribution in [0.25, 0.3) is 16.0 Å². The monoisotopic (exact) mass is 429 g/mol. The van der Waals surface area contributed by atoms with Gasteiger partial charge in [0, 0.05) is 26.2 Å². The highest BCUT2D eigenvalue weighted by atomic mass is 32.1. The van der Waals surface area contributed by atoms with Crippen LogP contribution in [-0.2, 0) is 9.53 Å². The molecule has 0 spiro atoms. The first-order valence-corrected chi connectivity index (χ1v) is 11.2. The molecule has 4 heterocycles. The van der Waals surface area contributed by atoms with Crippen LogP contribution in [0.3, 0.4) is 0 Å². The van der Waals surface area contributed by atoms with E-state index in [1.54, 1.807) is 22.1 Å². The van der Waals surface area contributed by atoms with Crippen LogP contribution in [0.5, 0.6) is 0 Å². The fourth-order valence-electron chi connectivity index (χ4n) is 4.24. The van der Waals surface area contributed by atoms with Crippen molar-refractivity contribution in [1.82, 2.24) is 19.7 Å². The molecule has 2 aliphatic heterocycles. The van der Waals surface area contributed by atoms with Gasteiger partial charge < -0.3 is 14.5 Å². The fourth-order valence-corrected chi connectivity index (χ4v) is 5.26. The quantitative estimate of drug-likeness (QED) is 0.641. The number of hydrogen-bond acceptors (Lipinski definition) is 6. The van der Waals surface area contributed by atoms with Crippen molar-refractivity contribution >= 4 is 32.7 Å². The van der Waals surface area contributed by atoms with E-state index in [0.29, 0.717) is 38.5 Å². The Morgan fingerprint density at radius 3 is 2.90 bits per heavy atom. The zero-order chi connectivity index (χ0) is 20.7. The Labute approximate surface area is 178 Å². The van der Waals surface area contributed by atoms with Crippen LogP contribution in [0.1, 0.15) is 18.5 Å². The molecule has 2 saturated heterocycles. The Morgan fingerprint density at radius 1 is 1.27 bits per heavy atom. The Kier molecular flexibility index (Phi) is 5.16. The number of thiazole rings is 1. The second-order valence-electron chi connectivity index (χ2n) is 7.85. The standard InChI is InChI=1S/C21H24FN5O2S/c1-14-18-19(27(24-14)17-6-2-5-16(22)12-17)23-21(30-18)26-7-3-4-15(13-26)20(28)25-8-10-29-11-9-25/h2,5-6,12,15H,3-4,7-11,13H2,1H3. The molecule has 30 heavy (non-hydrogen) atoms. The molecule has 158 valence electrons. The van der Waals surface area contributed by atoms with Crippen molar-refractivity contribution in [3.63, 3.8) is 0 Å². The number of nitrogens with zero attached hydrogens (tertiary/aromatic N) is 5. The highest BCUT2D eigenvalue weighted by molar-refractivity contribution is 7.22. The van der Waals surface area contributed by atoms with E-state index < -0.39 is 0 Å². The number of benzene rings is 1. The van der Waals surface area contributed by atoms with Crippen LogP contribution in [0.4, 0.5) is 9.52 Å². The highest BCUT2D eigenvalue weighted by Gasteiger charge is 2.31. The van der Waals surface area contributed by atoms with E-state index in [-0.39, 0.29) is 17.6 Å². The van der Waals surface area contributed by atoms with Gasteiger partial charge in [0.1, 0.15) is 5.82 Å². The van der Waals surface area contributed by atoms with E-state index >= 15 is 0 Å². The molecule has 5 rings (SSSR count). The summed E-state index contributed by atoms with van der Waals surface area (Å²) in [6, 6.07) is 6.38. The Morgan fingerprint density at radius 2 is 2.10 bits per heavy atom. The third-order valence-corrected chi connectivity index (χ3v) is 7.01. The molecule has 0 aliphatic carbocycles. The van der Waals surface area contributed by atoms with Crippen LogP contribution >= 0.6 is 11.3 Å². The summed E-state index contributed by atoms with van der Waals surface area (Å²) < 4.78 is 21.8. The molecule has 2 aliphatic rings. The number of ether oxygens (including phenoxy) is 1. The molecule has 0 radical (unpaired) electrons. The number of anilines is 1. The van der Waals surface area contributed by atoms with Crippen LogP contribution in [0.2, 0.25) is 0 Å². The largest absolute Gasteiger partial charge is 0.378 e. The highest BCUT2D eigenvalue weighted by Crippen LogP contribution is 2.34. The zero-order valence-corrected chi connectivity index (χ0v) is 17.7. The molecule has 0 bridgehead atoms. The van der Waals surface area contributed by atoms with Gasteiger partial charge in [-0.05, 0) is 38.0 Å². The maximum absolute atomic E-state index is 13.7. The maximum atomic E-state index is 13.7. The van der Waals surface area contributed by atoms with Gasteiger partial charge >= 0.3 is 0 Å². The first-order valence-electron chi connectivity index (χ1n) is 10.3. The summed E-state index contributed by atoms with van der Waals surface area (Å²) in [5.74, 6) is -0.0827. The van der Waals surface area contributed by atoms with Gasteiger partial charge in [0.2, 0.25) is 5.91 Å². The SMILES string of the molecule is Cc1nn(-c2cccc(F)c2)c2nc(N3CCCC(C(=O)N4CCOCC4)C3)sc12. The van der Waals surface area contributed by atoms with Crippen LogP contribution in [0, 0.1) is 18.7 Å². The number of aryl methyl sites for hydroxylation is 1. The molecule has 9 heteroatoms. The summed E-state index contributed by atoms with van der Waals surface area (Å²) in [6.07, 6.45) is 1.87. The number of aromatic nitrogens is 3. The molecule has 1 amide bonds. The molecule has 1 atom stereocenters. The van der Waals surface area contributed by atoms with Crippen molar-refractivity contribution in [3.8, 4) is 5.69 Å². The number of fused-ring (bicyclic) bond motifs is 1. The Bertz CT molecular complexity index is 1070. The van der Waals surface area contributed by atoms with E-state index in [1.165, 1.54) is 12.1 Å². The van der Waals surface area contributed by atoms with Crippen molar-refractivity contribution < 1.29 is 13.9 Å². The lowest BCUT2D eigenvalue weighted by atomic mass is 9.96. The lowest BCUT2D eigenvalue weighted by Gasteiger charge is -2.36. The number of amides is 1. The molecular formula is C21H24FN5O2S. The second-order valence-corrected chi connectivity index (χ2v) is 8.83. The maximum Gasteiger partial charge on any atom is 0.227 e. The van der Waals surface area contributed by atoms with Gasteiger partial charge in [-0.15, -0.1) is 0 Å². The molecule has 2 fully saturated rings. The lowest BCUT2D eigenvalue weighted by molar-refractivity contribution is -0.139. The first kappa shape index (κ1) is 19.4. The van der Waals surface area contributed by atoms with Gasteiger partial charge in [0.15, 0.2) is 10.8 Å². The number of rotatable bonds is 3. The molecule has 2 aromatic heterocycles. The van der Waals surface area contributed by atoms with Crippen molar-refractivity contribution in [2.45, 2.75) is 19.8 Å². The van der Waals surface area contributed by atoms with E-state index in [9.17, 15) is 9.18 Å². The Hall–Kier alpha value is -2.52. The number of halogens is 1. The molecule has 3 aromatic rings. The number of carbonyl (C=O) groups is 1. The van der Waals surface area contributed by atoms with Crippen LogP contribution < -0.4 is 4.90 Å². The summed E-state index contributed by atoms with van der Waals surface area (Å²) in [7, 11) is 0. The third kappa shape index (κ3) is 3.56. The van der Waals surface area contributed by atoms with Crippen molar-refractivity contribution in [2.24, 2.45) is 5.92 Å². The number of carbonyl (C=O) groups excluding carboxylic acids is 1. The van der Waals surface area contributed by atoms with Gasteiger partial charge in [-0.3, -0.25) is 4.79 Å². The minimum absolute atomic E-state index is 0.00956. The van der Waals surface area contributed by atoms with E-state index in [2.05, 4.69) is 10.00 Å². The fraction of sp³-hybridized carbons (Fsp3) is 0.476. The van der Waals surface area contributed by atoms with Gasteiger partial charge in [-0.1, -0.05) is 17.4 Å². The predicted molar refractivity (Wildman–Crippen MR) is 114 cm³/mol. The first-order chi connectivity index (χ1) is 14.6. The molecule has 7 nitrogen and oxygen atoms in total. The predicted octanol–water partition coefficient (Wildman–Crippen LogP) is 3.00. The average Bonchev–Trinajstić information content (AvgIpc) is 3.35. The topological polar surface area (TPSA) is 63.5 Å². The smallest absolute Gasteiger partial charge is 0.227 e. The number of morpholine rings is 1. The van der Waals surface area contributed by atoms with Gasteiger partial charge in [-0.25, -0.2) is 9.07 Å². The van der Waals surface area contributed by atoms with E-state index in [4.69, 9.17) is 9.72 Å². The molecule has 0 N–H and O–H groups in total.